The van der Waals surface area contributed by atoms with Gasteiger partial charge >= 0.3 is 0 Å². The third-order valence-corrected chi connectivity index (χ3v) is 3.20. The van der Waals surface area contributed by atoms with Crippen molar-refractivity contribution in [2.75, 3.05) is 5.32 Å². The highest BCUT2D eigenvalue weighted by molar-refractivity contribution is 7.80. The molecule has 0 unspecified atom stereocenters. The number of nitrogens with zero attached hydrogens (tertiary/aromatic N) is 1. The highest BCUT2D eigenvalue weighted by Gasteiger charge is 2.05. The fourth-order valence-corrected chi connectivity index (χ4v) is 1.84. The second-order valence-corrected chi connectivity index (χ2v) is 4.98. The number of thiocarbonyl (C=S) groups is 1. The molecule has 1 aromatic heterocycles. The molecule has 1 heterocycles. The number of pyridine rings is 1. The minimum atomic E-state index is -0.276. The van der Waals surface area contributed by atoms with E-state index >= 15 is 0 Å². The van der Waals surface area contributed by atoms with Gasteiger partial charge in [-0.2, -0.15) is 0 Å². The van der Waals surface area contributed by atoms with Gasteiger partial charge in [-0.15, -0.1) is 0 Å². The van der Waals surface area contributed by atoms with Crippen LogP contribution in [-0.2, 0) is 0 Å². The van der Waals surface area contributed by atoms with E-state index in [1.807, 2.05) is 32.0 Å². The minimum absolute atomic E-state index is 0.276. The third kappa shape index (κ3) is 4.25. The fraction of sp³-hybridized carbons (Fsp3) is 0.133. The van der Waals surface area contributed by atoms with Crippen LogP contribution in [0.1, 0.15) is 21.5 Å². The number of anilines is 1. The standard InChI is InChI=1S/C15H16N4OS/c1-10-3-4-13(9-11(10)2)17-15(21)19-18-14(20)12-5-7-16-8-6-12/h3-9H,1-2H3,(H,18,20)(H2,17,19,21). The van der Waals surface area contributed by atoms with E-state index in [9.17, 15) is 4.79 Å². The SMILES string of the molecule is Cc1ccc(NC(=S)NNC(=O)c2ccncc2)cc1C. The molecule has 0 saturated carbocycles. The smallest absolute Gasteiger partial charge is 0.269 e. The Bertz CT molecular complexity index is 658. The maximum atomic E-state index is 11.8. The van der Waals surface area contributed by atoms with Gasteiger partial charge in [-0.3, -0.25) is 20.6 Å². The Kier molecular flexibility index (Phi) is 4.84. The van der Waals surface area contributed by atoms with Crippen LogP contribution in [0.3, 0.4) is 0 Å². The number of hydrazine groups is 1. The molecule has 2 aromatic rings. The summed E-state index contributed by atoms with van der Waals surface area (Å²) in [5.74, 6) is -0.276. The lowest BCUT2D eigenvalue weighted by molar-refractivity contribution is 0.0944. The van der Waals surface area contributed by atoms with Crippen molar-refractivity contribution in [2.45, 2.75) is 13.8 Å². The number of benzene rings is 1. The van der Waals surface area contributed by atoms with E-state index in [0.717, 1.165) is 5.69 Å². The molecule has 0 atom stereocenters. The van der Waals surface area contributed by atoms with Crippen molar-refractivity contribution in [3.63, 3.8) is 0 Å². The molecule has 0 aliphatic carbocycles. The number of hydrogen-bond donors (Lipinski definition) is 3. The van der Waals surface area contributed by atoms with E-state index in [-0.39, 0.29) is 5.91 Å². The first-order valence-corrected chi connectivity index (χ1v) is 6.81. The fourth-order valence-electron chi connectivity index (χ4n) is 1.67. The third-order valence-electron chi connectivity index (χ3n) is 3.00. The summed E-state index contributed by atoms with van der Waals surface area (Å²) in [6.07, 6.45) is 3.11. The first-order chi connectivity index (χ1) is 10.1. The number of aromatic nitrogens is 1. The molecule has 0 aliphatic rings. The Morgan fingerprint density at radius 2 is 1.76 bits per heavy atom. The van der Waals surface area contributed by atoms with Crippen molar-refractivity contribution in [2.24, 2.45) is 0 Å². The molecule has 6 heteroatoms. The van der Waals surface area contributed by atoms with Crippen molar-refractivity contribution < 1.29 is 4.79 Å². The van der Waals surface area contributed by atoms with Gasteiger partial charge in [0.15, 0.2) is 5.11 Å². The normalized spacial score (nSPS) is 9.81. The predicted octanol–water partition coefficient (Wildman–Crippen LogP) is 2.33. The lowest BCUT2D eigenvalue weighted by Crippen LogP contribution is -2.43. The summed E-state index contributed by atoms with van der Waals surface area (Å²) in [5, 5.41) is 3.33. The Labute approximate surface area is 128 Å². The molecule has 2 rings (SSSR count). The van der Waals surface area contributed by atoms with Crippen LogP contribution in [0.15, 0.2) is 42.7 Å². The number of nitrogens with one attached hydrogen (secondary N) is 3. The summed E-state index contributed by atoms with van der Waals surface area (Å²) in [4.78, 5) is 15.7. The maximum Gasteiger partial charge on any atom is 0.269 e. The molecular weight excluding hydrogens is 284 g/mol. The zero-order valence-corrected chi connectivity index (χ0v) is 12.6. The van der Waals surface area contributed by atoms with Crippen LogP contribution in [0.2, 0.25) is 0 Å². The molecule has 0 spiro atoms. The lowest BCUT2D eigenvalue weighted by atomic mass is 10.1. The van der Waals surface area contributed by atoms with Gasteiger partial charge in [0.2, 0.25) is 0 Å². The maximum absolute atomic E-state index is 11.8. The van der Waals surface area contributed by atoms with Crippen LogP contribution in [0, 0.1) is 13.8 Å². The Balaban J connectivity index is 1.87. The average molecular weight is 300 g/mol. The van der Waals surface area contributed by atoms with Crippen LogP contribution in [0.5, 0.6) is 0 Å². The van der Waals surface area contributed by atoms with Gasteiger partial charge in [-0.25, -0.2) is 0 Å². The van der Waals surface area contributed by atoms with Crippen molar-refractivity contribution in [1.29, 1.82) is 0 Å². The van der Waals surface area contributed by atoms with Crippen LogP contribution >= 0.6 is 12.2 Å². The molecule has 0 radical (unpaired) electrons. The van der Waals surface area contributed by atoms with E-state index in [0.29, 0.717) is 10.7 Å². The molecule has 0 fully saturated rings. The Hall–Kier alpha value is -2.47. The molecular formula is C15H16N4OS. The van der Waals surface area contributed by atoms with Crippen molar-refractivity contribution >= 4 is 28.9 Å². The van der Waals surface area contributed by atoms with Gasteiger partial charge < -0.3 is 5.32 Å². The number of amides is 1. The highest BCUT2D eigenvalue weighted by atomic mass is 32.1. The number of hydrogen-bond acceptors (Lipinski definition) is 3. The number of aryl methyl sites for hydroxylation is 2. The molecule has 1 aromatic carbocycles. The largest absolute Gasteiger partial charge is 0.331 e. The van der Waals surface area contributed by atoms with Gasteiger partial charge in [0.05, 0.1) is 0 Å². The van der Waals surface area contributed by atoms with E-state index < -0.39 is 0 Å². The number of rotatable bonds is 2. The van der Waals surface area contributed by atoms with Gasteiger partial charge in [0.25, 0.3) is 5.91 Å². The zero-order valence-electron chi connectivity index (χ0n) is 11.8. The minimum Gasteiger partial charge on any atom is -0.331 e. The molecule has 1 amide bonds. The van der Waals surface area contributed by atoms with E-state index in [1.54, 1.807) is 24.5 Å². The van der Waals surface area contributed by atoms with Crippen molar-refractivity contribution in [3.8, 4) is 0 Å². The molecule has 5 nitrogen and oxygen atoms in total. The summed E-state index contributed by atoms with van der Waals surface area (Å²) < 4.78 is 0. The summed E-state index contributed by atoms with van der Waals surface area (Å²) >= 11 is 5.13. The lowest BCUT2D eigenvalue weighted by Gasteiger charge is -2.12. The van der Waals surface area contributed by atoms with Gasteiger partial charge in [0, 0.05) is 23.6 Å². The highest BCUT2D eigenvalue weighted by Crippen LogP contribution is 2.13. The van der Waals surface area contributed by atoms with Gasteiger partial charge in [-0.05, 0) is 61.5 Å². The van der Waals surface area contributed by atoms with Crippen LogP contribution in [-0.4, -0.2) is 16.0 Å². The van der Waals surface area contributed by atoms with E-state index in [2.05, 4.69) is 21.2 Å². The van der Waals surface area contributed by atoms with Crippen molar-refractivity contribution in [3.05, 3.63) is 59.4 Å². The first-order valence-electron chi connectivity index (χ1n) is 6.41. The van der Waals surface area contributed by atoms with Crippen molar-refractivity contribution in [1.82, 2.24) is 15.8 Å². The van der Waals surface area contributed by atoms with E-state index in [4.69, 9.17) is 12.2 Å². The van der Waals surface area contributed by atoms with Crippen LogP contribution in [0.4, 0.5) is 5.69 Å². The van der Waals surface area contributed by atoms with Crippen LogP contribution < -0.4 is 16.2 Å². The second kappa shape index (κ2) is 6.81. The average Bonchev–Trinajstić information content (AvgIpc) is 2.49. The molecule has 21 heavy (non-hydrogen) atoms. The predicted molar refractivity (Wildman–Crippen MR) is 87.0 cm³/mol. The topological polar surface area (TPSA) is 66.0 Å². The number of carbonyl (C=O) groups is 1. The molecule has 0 bridgehead atoms. The molecule has 0 saturated heterocycles. The second-order valence-electron chi connectivity index (χ2n) is 4.57. The molecule has 3 N–H and O–H groups in total. The summed E-state index contributed by atoms with van der Waals surface area (Å²) in [6, 6.07) is 9.18. The van der Waals surface area contributed by atoms with Gasteiger partial charge in [-0.1, -0.05) is 6.07 Å². The quantitative estimate of drug-likeness (QED) is 0.587. The first kappa shape index (κ1) is 14.9. The van der Waals surface area contributed by atoms with Gasteiger partial charge in [0.1, 0.15) is 0 Å². The van der Waals surface area contributed by atoms with Crippen LogP contribution in [0.25, 0.3) is 0 Å². The Morgan fingerprint density at radius 3 is 2.43 bits per heavy atom. The number of carbonyl (C=O) groups excluding carboxylic acids is 1. The summed E-state index contributed by atoms with van der Waals surface area (Å²) in [5.41, 5.74) is 8.95. The summed E-state index contributed by atoms with van der Waals surface area (Å²) in [7, 11) is 0. The summed E-state index contributed by atoms with van der Waals surface area (Å²) in [6.45, 7) is 4.08. The monoisotopic (exact) mass is 300 g/mol. The Morgan fingerprint density at radius 1 is 1.05 bits per heavy atom. The van der Waals surface area contributed by atoms with E-state index in [1.165, 1.54) is 11.1 Å². The molecule has 108 valence electrons. The molecule has 0 aliphatic heterocycles. The zero-order chi connectivity index (χ0) is 15.2.